The van der Waals surface area contributed by atoms with Crippen LogP contribution < -0.4 is 9.47 Å². The Labute approximate surface area is 156 Å². The van der Waals surface area contributed by atoms with Gasteiger partial charge >= 0.3 is 0 Å². The smallest absolute Gasteiger partial charge is 0.166 e. The fourth-order valence-corrected chi connectivity index (χ4v) is 4.80. The van der Waals surface area contributed by atoms with E-state index in [-0.39, 0.29) is 11.5 Å². The Balaban J connectivity index is 1.69. The van der Waals surface area contributed by atoms with Crippen molar-refractivity contribution in [2.45, 2.75) is 43.4 Å². The van der Waals surface area contributed by atoms with Gasteiger partial charge in [-0.2, -0.15) is 0 Å². The van der Waals surface area contributed by atoms with Crippen LogP contribution in [0, 0.1) is 0 Å². The number of ether oxygens (including phenoxy) is 2. The molecule has 0 aromatic heterocycles. The molecule has 5 heteroatoms. The lowest BCUT2D eigenvalue weighted by molar-refractivity contribution is 0.0808. The third-order valence-electron chi connectivity index (χ3n) is 6.11. The highest BCUT2D eigenvalue weighted by molar-refractivity contribution is 5.60. The molecule has 1 aromatic carbocycles. The molecule has 0 saturated carbocycles. The summed E-state index contributed by atoms with van der Waals surface area (Å²) in [5.74, 6) is 1.70. The molecule has 0 unspecified atom stereocenters. The van der Waals surface area contributed by atoms with Gasteiger partial charge in [0.2, 0.25) is 0 Å². The first kappa shape index (κ1) is 17.8. The van der Waals surface area contributed by atoms with Gasteiger partial charge in [-0.3, -0.25) is 4.90 Å². The molecule has 5 nitrogen and oxygen atoms in total. The lowest BCUT2D eigenvalue weighted by atomic mass is 9.69. The Morgan fingerprint density at radius 2 is 2.23 bits per heavy atom. The van der Waals surface area contributed by atoms with Crippen LogP contribution in [0.15, 0.2) is 24.3 Å². The molecular formula is C21H30N2O3. The van der Waals surface area contributed by atoms with Crippen LogP contribution >= 0.6 is 0 Å². The number of benzene rings is 1. The summed E-state index contributed by atoms with van der Waals surface area (Å²) < 4.78 is 11.9. The fourth-order valence-electron chi connectivity index (χ4n) is 4.80. The molecule has 2 heterocycles. The minimum Gasteiger partial charge on any atom is -0.493 e. The maximum atomic E-state index is 10.1. The van der Waals surface area contributed by atoms with Crippen molar-refractivity contribution in [1.29, 1.82) is 0 Å². The van der Waals surface area contributed by atoms with Crippen molar-refractivity contribution in [2.75, 3.05) is 40.8 Å². The fraction of sp³-hybridized carbons (Fsp3) is 0.619. The largest absolute Gasteiger partial charge is 0.493 e. The summed E-state index contributed by atoms with van der Waals surface area (Å²) >= 11 is 0. The monoisotopic (exact) mass is 358 g/mol. The Hall–Kier alpha value is -1.56. The van der Waals surface area contributed by atoms with E-state index in [4.69, 9.17) is 9.47 Å². The van der Waals surface area contributed by atoms with Crippen molar-refractivity contribution in [2.24, 2.45) is 0 Å². The highest BCUT2D eigenvalue weighted by Crippen LogP contribution is 2.55. The first-order valence-electron chi connectivity index (χ1n) is 9.65. The molecule has 1 spiro atoms. The minimum absolute atomic E-state index is 0.00530. The van der Waals surface area contributed by atoms with Crippen LogP contribution in [-0.4, -0.2) is 68.0 Å². The first-order valence-corrected chi connectivity index (χ1v) is 9.65. The summed E-state index contributed by atoms with van der Waals surface area (Å²) in [4.78, 5) is 4.81. The van der Waals surface area contributed by atoms with Crippen LogP contribution in [-0.2, 0) is 12.0 Å². The predicted molar refractivity (Wildman–Crippen MR) is 102 cm³/mol. The average Bonchev–Trinajstić information content (AvgIpc) is 2.85. The molecule has 26 heavy (non-hydrogen) atoms. The molecule has 0 radical (unpaired) electrons. The van der Waals surface area contributed by atoms with Crippen LogP contribution in [0.1, 0.15) is 30.4 Å². The van der Waals surface area contributed by atoms with Gasteiger partial charge in [0.1, 0.15) is 6.10 Å². The van der Waals surface area contributed by atoms with Crippen LogP contribution in [0.2, 0.25) is 0 Å². The molecule has 0 bridgehead atoms. The van der Waals surface area contributed by atoms with E-state index in [1.807, 2.05) is 12.1 Å². The van der Waals surface area contributed by atoms with E-state index in [2.05, 4.69) is 36.0 Å². The Kier molecular flexibility index (Phi) is 4.71. The van der Waals surface area contributed by atoms with E-state index in [1.54, 1.807) is 7.11 Å². The lowest BCUT2D eigenvalue weighted by Gasteiger charge is -2.36. The second-order valence-electron chi connectivity index (χ2n) is 8.12. The van der Waals surface area contributed by atoms with Crippen molar-refractivity contribution in [3.8, 4) is 11.5 Å². The summed E-state index contributed by atoms with van der Waals surface area (Å²) in [6, 6.07) is 4.23. The van der Waals surface area contributed by atoms with Crippen molar-refractivity contribution in [3.63, 3.8) is 0 Å². The van der Waals surface area contributed by atoms with Gasteiger partial charge in [-0.1, -0.05) is 18.2 Å². The van der Waals surface area contributed by atoms with Crippen LogP contribution in [0.4, 0.5) is 0 Å². The van der Waals surface area contributed by atoms with Gasteiger partial charge in [0, 0.05) is 18.5 Å². The van der Waals surface area contributed by atoms with Crippen LogP contribution in [0.25, 0.3) is 0 Å². The predicted octanol–water partition coefficient (Wildman–Crippen LogP) is 2.17. The maximum Gasteiger partial charge on any atom is 0.166 e. The highest BCUT2D eigenvalue weighted by atomic mass is 16.5. The van der Waals surface area contributed by atoms with Gasteiger partial charge in [0.15, 0.2) is 11.5 Å². The zero-order valence-electron chi connectivity index (χ0n) is 16.1. The van der Waals surface area contributed by atoms with Gasteiger partial charge in [-0.15, -0.1) is 0 Å². The van der Waals surface area contributed by atoms with Crippen LogP contribution in [0.5, 0.6) is 11.5 Å². The molecular weight excluding hydrogens is 328 g/mol. The zero-order valence-corrected chi connectivity index (χ0v) is 16.1. The van der Waals surface area contributed by atoms with Crippen molar-refractivity contribution >= 4 is 0 Å². The summed E-state index contributed by atoms with van der Waals surface area (Å²) in [6.45, 7) is 4.21. The number of methoxy groups -OCH3 is 1. The molecule has 3 atom stereocenters. The SMILES string of the molecule is COc1ccc2c3c1O[C@H]1C[C@@H](O)C=C[C@@]31CCN(CCCN(C)C)C2. The van der Waals surface area contributed by atoms with Gasteiger partial charge in [-0.05, 0) is 58.2 Å². The molecule has 1 aliphatic carbocycles. The highest BCUT2D eigenvalue weighted by Gasteiger charge is 2.52. The third kappa shape index (κ3) is 2.92. The first-order chi connectivity index (χ1) is 12.5. The molecule has 0 amide bonds. The van der Waals surface area contributed by atoms with Gasteiger partial charge in [0.25, 0.3) is 0 Å². The van der Waals surface area contributed by atoms with Crippen molar-refractivity contribution in [1.82, 2.24) is 9.80 Å². The Morgan fingerprint density at radius 1 is 1.38 bits per heavy atom. The molecule has 3 aliphatic rings. The van der Waals surface area contributed by atoms with Gasteiger partial charge < -0.3 is 19.5 Å². The standard InChI is InChI=1S/C21H30N2O3/c1-22(2)10-4-11-23-12-9-21-8-7-16(24)13-18(21)26-20-17(25-3)6-5-15(14-23)19(20)21/h5-8,16,18,24H,4,9-14H2,1-3H3/t16-,18-,21-/m0/s1. The van der Waals surface area contributed by atoms with E-state index in [1.165, 1.54) is 17.5 Å². The summed E-state index contributed by atoms with van der Waals surface area (Å²) in [5.41, 5.74) is 2.50. The van der Waals surface area contributed by atoms with Crippen molar-refractivity contribution < 1.29 is 14.6 Å². The molecule has 2 aliphatic heterocycles. The molecule has 142 valence electrons. The molecule has 0 fully saturated rings. The van der Waals surface area contributed by atoms with Gasteiger partial charge in [-0.25, -0.2) is 0 Å². The number of hydrogen-bond donors (Lipinski definition) is 1. The number of nitrogens with zero attached hydrogens (tertiary/aromatic N) is 2. The number of aliphatic hydroxyl groups excluding tert-OH is 1. The zero-order chi connectivity index (χ0) is 18.3. The second kappa shape index (κ2) is 6.87. The average molecular weight is 358 g/mol. The van der Waals surface area contributed by atoms with E-state index in [0.717, 1.165) is 44.1 Å². The van der Waals surface area contributed by atoms with E-state index in [0.29, 0.717) is 6.42 Å². The Bertz CT molecular complexity index is 703. The van der Waals surface area contributed by atoms with E-state index < -0.39 is 6.10 Å². The number of hydrogen-bond acceptors (Lipinski definition) is 5. The quantitative estimate of drug-likeness (QED) is 0.818. The minimum atomic E-state index is -0.422. The summed E-state index contributed by atoms with van der Waals surface area (Å²) in [5, 5.41) is 10.1. The third-order valence-corrected chi connectivity index (χ3v) is 6.11. The number of rotatable bonds is 5. The number of aliphatic hydroxyl groups is 1. The van der Waals surface area contributed by atoms with Gasteiger partial charge in [0.05, 0.1) is 18.6 Å². The maximum absolute atomic E-state index is 10.1. The molecule has 0 saturated heterocycles. The van der Waals surface area contributed by atoms with E-state index in [9.17, 15) is 5.11 Å². The lowest BCUT2D eigenvalue weighted by Crippen LogP contribution is -2.43. The van der Waals surface area contributed by atoms with Crippen molar-refractivity contribution in [3.05, 3.63) is 35.4 Å². The Morgan fingerprint density at radius 3 is 3.00 bits per heavy atom. The summed E-state index contributed by atoms with van der Waals surface area (Å²) in [7, 11) is 5.96. The normalized spacial score (nSPS) is 29.9. The van der Waals surface area contributed by atoms with E-state index >= 15 is 0 Å². The van der Waals surface area contributed by atoms with Crippen LogP contribution in [0.3, 0.4) is 0 Å². The second-order valence-corrected chi connectivity index (χ2v) is 8.12. The molecule has 1 aromatic rings. The topological polar surface area (TPSA) is 45.2 Å². The summed E-state index contributed by atoms with van der Waals surface area (Å²) in [6.07, 6.45) is 6.59. The molecule has 4 rings (SSSR count). The molecule has 1 N–H and O–H groups in total.